The summed E-state index contributed by atoms with van der Waals surface area (Å²) in [6, 6.07) is 7.61. The number of benzene rings is 1. The molecule has 0 spiro atoms. The lowest BCUT2D eigenvalue weighted by atomic mass is 9.74. The highest BCUT2D eigenvalue weighted by molar-refractivity contribution is 5.92. The minimum atomic E-state index is -0.422. The van der Waals surface area contributed by atoms with E-state index in [4.69, 9.17) is 5.73 Å². The highest BCUT2D eigenvalue weighted by Gasteiger charge is 2.37. The van der Waals surface area contributed by atoms with Gasteiger partial charge in [0, 0.05) is 23.7 Å². The summed E-state index contributed by atoms with van der Waals surface area (Å²) in [5.41, 5.74) is 7.61. The Morgan fingerprint density at radius 1 is 1.36 bits per heavy atom. The largest absolute Gasteiger partial charge is 0.352 e. The van der Waals surface area contributed by atoms with Crippen molar-refractivity contribution in [2.24, 2.45) is 17.6 Å². The van der Waals surface area contributed by atoms with Crippen LogP contribution < -0.4 is 16.4 Å². The lowest BCUT2D eigenvalue weighted by Crippen LogP contribution is -2.52. The van der Waals surface area contributed by atoms with Crippen LogP contribution in [-0.4, -0.2) is 17.4 Å². The molecule has 1 aromatic rings. The van der Waals surface area contributed by atoms with Crippen molar-refractivity contribution < 1.29 is 9.59 Å². The lowest BCUT2D eigenvalue weighted by molar-refractivity contribution is -0.128. The van der Waals surface area contributed by atoms with Gasteiger partial charge in [-0.2, -0.15) is 0 Å². The maximum atomic E-state index is 12.5. The SMILES string of the molecule is CCC(C)C(=O)Nc1cccc(CNC(=O)C2CCCCC2(C)N)c1. The van der Waals surface area contributed by atoms with Crippen molar-refractivity contribution in [2.45, 2.75) is 65.0 Å². The maximum absolute atomic E-state index is 12.5. The number of nitrogens with one attached hydrogen (secondary N) is 2. The first kappa shape index (κ1) is 19.4. The number of carbonyl (C=O) groups is 2. The Kier molecular flexibility index (Phi) is 6.59. The summed E-state index contributed by atoms with van der Waals surface area (Å²) in [6.45, 7) is 6.32. The fraction of sp³-hybridized carbons (Fsp3) is 0.600. The van der Waals surface area contributed by atoms with Crippen LogP contribution in [0, 0.1) is 11.8 Å². The van der Waals surface area contributed by atoms with Gasteiger partial charge in [-0.15, -0.1) is 0 Å². The fourth-order valence-corrected chi connectivity index (χ4v) is 3.31. The molecule has 1 saturated carbocycles. The normalized spacial score (nSPS) is 24.4. The molecule has 1 aliphatic rings. The predicted molar refractivity (Wildman–Crippen MR) is 101 cm³/mol. The minimum Gasteiger partial charge on any atom is -0.352 e. The third kappa shape index (κ3) is 5.30. The molecule has 138 valence electrons. The summed E-state index contributed by atoms with van der Waals surface area (Å²) < 4.78 is 0. The summed E-state index contributed by atoms with van der Waals surface area (Å²) in [5, 5.41) is 5.93. The maximum Gasteiger partial charge on any atom is 0.227 e. The lowest BCUT2D eigenvalue weighted by Gasteiger charge is -2.37. The highest BCUT2D eigenvalue weighted by Crippen LogP contribution is 2.31. The van der Waals surface area contributed by atoms with Gasteiger partial charge in [0.25, 0.3) is 0 Å². The molecule has 3 atom stereocenters. The summed E-state index contributed by atoms with van der Waals surface area (Å²) in [4.78, 5) is 24.5. The van der Waals surface area contributed by atoms with E-state index in [0.717, 1.165) is 43.4 Å². The van der Waals surface area contributed by atoms with Crippen LogP contribution >= 0.6 is 0 Å². The van der Waals surface area contributed by atoms with Gasteiger partial charge < -0.3 is 16.4 Å². The van der Waals surface area contributed by atoms with Crippen molar-refractivity contribution in [3.8, 4) is 0 Å². The Hall–Kier alpha value is -1.88. The van der Waals surface area contributed by atoms with Gasteiger partial charge >= 0.3 is 0 Å². The standard InChI is InChI=1S/C20H31N3O2/c1-4-14(2)18(24)23-16-9-7-8-15(12-16)13-22-19(25)17-10-5-6-11-20(17,3)21/h7-9,12,14,17H,4-6,10-11,13,21H2,1-3H3,(H,22,25)(H,23,24). The Bertz CT molecular complexity index is 613. The molecule has 0 aliphatic heterocycles. The van der Waals surface area contributed by atoms with Gasteiger partial charge in [0.15, 0.2) is 0 Å². The van der Waals surface area contributed by atoms with Crippen LogP contribution in [0.4, 0.5) is 5.69 Å². The molecule has 3 unspecified atom stereocenters. The van der Waals surface area contributed by atoms with E-state index in [0.29, 0.717) is 6.54 Å². The molecule has 5 heteroatoms. The summed E-state index contributed by atoms with van der Waals surface area (Å²) in [7, 11) is 0. The van der Waals surface area contributed by atoms with Gasteiger partial charge in [-0.05, 0) is 43.9 Å². The monoisotopic (exact) mass is 345 g/mol. The summed E-state index contributed by atoms with van der Waals surface area (Å²) in [5.74, 6) is -0.102. The van der Waals surface area contributed by atoms with Crippen LogP contribution in [0.15, 0.2) is 24.3 Å². The summed E-state index contributed by atoms with van der Waals surface area (Å²) in [6.07, 6.45) is 4.70. The Morgan fingerprint density at radius 2 is 2.12 bits per heavy atom. The van der Waals surface area contributed by atoms with Gasteiger partial charge in [0.2, 0.25) is 11.8 Å². The van der Waals surface area contributed by atoms with Crippen LogP contribution in [-0.2, 0) is 16.1 Å². The van der Waals surface area contributed by atoms with Gasteiger partial charge in [0.05, 0.1) is 5.92 Å². The van der Waals surface area contributed by atoms with E-state index in [1.165, 1.54) is 0 Å². The molecule has 1 aliphatic carbocycles. The van der Waals surface area contributed by atoms with E-state index >= 15 is 0 Å². The molecule has 0 radical (unpaired) electrons. The summed E-state index contributed by atoms with van der Waals surface area (Å²) >= 11 is 0. The number of nitrogens with two attached hydrogens (primary N) is 1. The van der Waals surface area contributed by atoms with Crippen molar-refractivity contribution in [1.29, 1.82) is 0 Å². The molecule has 0 heterocycles. The van der Waals surface area contributed by atoms with E-state index < -0.39 is 5.54 Å². The first-order chi connectivity index (χ1) is 11.8. The molecular weight excluding hydrogens is 314 g/mol. The second-order valence-corrected chi connectivity index (χ2v) is 7.52. The highest BCUT2D eigenvalue weighted by atomic mass is 16.2. The quantitative estimate of drug-likeness (QED) is 0.740. The van der Waals surface area contributed by atoms with Gasteiger partial charge in [-0.25, -0.2) is 0 Å². The third-order valence-corrected chi connectivity index (χ3v) is 5.29. The molecule has 0 bridgehead atoms. The van der Waals surface area contributed by atoms with E-state index in [9.17, 15) is 9.59 Å². The Labute approximate surface area is 150 Å². The molecule has 4 N–H and O–H groups in total. The van der Waals surface area contributed by atoms with E-state index in [1.807, 2.05) is 45.0 Å². The van der Waals surface area contributed by atoms with Crippen molar-refractivity contribution >= 4 is 17.5 Å². The number of rotatable bonds is 6. The predicted octanol–water partition coefficient (Wildman–Crippen LogP) is 3.20. The number of hydrogen-bond acceptors (Lipinski definition) is 3. The number of hydrogen-bond donors (Lipinski definition) is 3. The van der Waals surface area contributed by atoms with Crippen molar-refractivity contribution in [3.63, 3.8) is 0 Å². The van der Waals surface area contributed by atoms with Crippen molar-refractivity contribution in [1.82, 2.24) is 5.32 Å². The van der Waals surface area contributed by atoms with Crippen LogP contribution in [0.5, 0.6) is 0 Å². The zero-order valence-corrected chi connectivity index (χ0v) is 15.6. The number of anilines is 1. The zero-order valence-electron chi connectivity index (χ0n) is 15.6. The first-order valence-corrected chi connectivity index (χ1v) is 9.30. The van der Waals surface area contributed by atoms with Crippen LogP contribution in [0.1, 0.15) is 58.4 Å². The van der Waals surface area contributed by atoms with Crippen molar-refractivity contribution in [3.05, 3.63) is 29.8 Å². The topological polar surface area (TPSA) is 84.2 Å². The minimum absolute atomic E-state index is 0.0168. The molecule has 0 aromatic heterocycles. The Balaban J connectivity index is 1.93. The van der Waals surface area contributed by atoms with E-state index in [-0.39, 0.29) is 23.7 Å². The molecule has 1 fully saturated rings. The van der Waals surface area contributed by atoms with Crippen LogP contribution in [0.2, 0.25) is 0 Å². The Morgan fingerprint density at radius 3 is 2.80 bits per heavy atom. The van der Waals surface area contributed by atoms with E-state index in [2.05, 4.69) is 10.6 Å². The molecular formula is C20H31N3O2. The second-order valence-electron chi connectivity index (χ2n) is 7.52. The molecule has 25 heavy (non-hydrogen) atoms. The van der Waals surface area contributed by atoms with Crippen molar-refractivity contribution in [2.75, 3.05) is 5.32 Å². The molecule has 2 amide bonds. The number of amides is 2. The smallest absolute Gasteiger partial charge is 0.227 e. The molecule has 2 rings (SSSR count). The molecule has 1 aromatic carbocycles. The average Bonchev–Trinajstić information content (AvgIpc) is 2.58. The third-order valence-electron chi connectivity index (χ3n) is 5.29. The van der Waals surface area contributed by atoms with Gasteiger partial charge in [-0.3, -0.25) is 9.59 Å². The van der Waals surface area contributed by atoms with E-state index in [1.54, 1.807) is 0 Å². The van der Waals surface area contributed by atoms with Gasteiger partial charge in [0.1, 0.15) is 0 Å². The fourth-order valence-electron chi connectivity index (χ4n) is 3.31. The van der Waals surface area contributed by atoms with Crippen LogP contribution in [0.25, 0.3) is 0 Å². The molecule has 0 saturated heterocycles. The zero-order chi connectivity index (χ0) is 18.4. The number of carbonyl (C=O) groups excluding carboxylic acids is 2. The second kappa shape index (κ2) is 8.48. The van der Waals surface area contributed by atoms with Gasteiger partial charge in [-0.1, -0.05) is 38.8 Å². The van der Waals surface area contributed by atoms with Crippen LogP contribution in [0.3, 0.4) is 0 Å². The average molecular weight is 345 g/mol. The first-order valence-electron chi connectivity index (χ1n) is 9.30. The molecule has 5 nitrogen and oxygen atoms in total.